The van der Waals surface area contributed by atoms with E-state index < -0.39 is 12.6 Å². The van der Waals surface area contributed by atoms with Crippen LogP contribution >= 0.6 is 0 Å². The Kier molecular flexibility index (Phi) is 5.47. The maximum absolute atomic E-state index is 11.9. The van der Waals surface area contributed by atoms with Gasteiger partial charge in [-0.2, -0.15) is 0 Å². The number of aromatic hydroxyl groups is 2. The van der Waals surface area contributed by atoms with Gasteiger partial charge in [0.15, 0.2) is 6.61 Å². The molecule has 1 amide bonds. The number of hydrogen-bond donors (Lipinski definition) is 3. The van der Waals surface area contributed by atoms with Gasteiger partial charge in [0.1, 0.15) is 17.1 Å². The van der Waals surface area contributed by atoms with Gasteiger partial charge in [0.25, 0.3) is 5.91 Å². The molecule has 1 saturated carbocycles. The number of phenolic OH excluding ortho intramolecular Hbond substituents is 2. The van der Waals surface area contributed by atoms with Crippen LogP contribution in [0.15, 0.2) is 18.2 Å². The predicted molar refractivity (Wildman–Crippen MR) is 84.2 cm³/mol. The highest BCUT2D eigenvalue weighted by Crippen LogP contribution is 2.29. The first-order chi connectivity index (χ1) is 10.9. The number of hydrogen-bond acceptors (Lipinski definition) is 5. The first-order valence-electron chi connectivity index (χ1n) is 7.87. The van der Waals surface area contributed by atoms with E-state index in [9.17, 15) is 19.8 Å². The number of amides is 1. The summed E-state index contributed by atoms with van der Waals surface area (Å²) in [5, 5.41) is 21.7. The second-order valence-electron chi connectivity index (χ2n) is 6.22. The van der Waals surface area contributed by atoms with Crippen LogP contribution in [0.1, 0.15) is 43.5 Å². The topological polar surface area (TPSA) is 95.9 Å². The third-order valence-corrected chi connectivity index (χ3v) is 4.59. The lowest BCUT2D eigenvalue weighted by Crippen LogP contribution is -2.45. The molecule has 1 fully saturated rings. The number of benzene rings is 1. The quantitative estimate of drug-likeness (QED) is 0.739. The Morgan fingerprint density at radius 3 is 2.70 bits per heavy atom. The second kappa shape index (κ2) is 7.35. The van der Waals surface area contributed by atoms with Gasteiger partial charge in [-0.05, 0) is 30.4 Å². The van der Waals surface area contributed by atoms with E-state index in [4.69, 9.17) is 4.74 Å². The van der Waals surface area contributed by atoms with Crippen LogP contribution in [0.5, 0.6) is 11.5 Å². The first-order valence-corrected chi connectivity index (χ1v) is 7.87. The molecule has 6 nitrogen and oxygen atoms in total. The molecule has 1 aromatic rings. The number of phenols is 2. The Labute approximate surface area is 135 Å². The van der Waals surface area contributed by atoms with E-state index in [0.29, 0.717) is 11.8 Å². The van der Waals surface area contributed by atoms with Crippen molar-refractivity contribution in [3.63, 3.8) is 0 Å². The summed E-state index contributed by atoms with van der Waals surface area (Å²) in [7, 11) is 0. The van der Waals surface area contributed by atoms with Crippen LogP contribution in [-0.4, -0.2) is 34.7 Å². The molecule has 0 saturated heterocycles. The molecule has 2 rings (SSSR count). The van der Waals surface area contributed by atoms with Gasteiger partial charge >= 0.3 is 5.97 Å². The van der Waals surface area contributed by atoms with E-state index in [1.165, 1.54) is 18.6 Å². The number of carbonyl (C=O) groups is 2. The fraction of sp³-hybridized carbons (Fsp3) is 0.529. The molecule has 3 N–H and O–H groups in total. The van der Waals surface area contributed by atoms with E-state index in [1.807, 2.05) is 0 Å². The maximum Gasteiger partial charge on any atom is 0.342 e. The Hall–Kier alpha value is -2.24. The van der Waals surface area contributed by atoms with Gasteiger partial charge in [0.2, 0.25) is 0 Å². The molecular formula is C17H23NO5. The van der Waals surface area contributed by atoms with Crippen LogP contribution in [0, 0.1) is 11.8 Å². The molecule has 126 valence electrons. The summed E-state index contributed by atoms with van der Waals surface area (Å²) in [6.45, 7) is 3.91. The third kappa shape index (κ3) is 4.37. The van der Waals surface area contributed by atoms with Crippen LogP contribution in [0.4, 0.5) is 0 Å². The number of rotatable bonds is 4. The second-order valence-corrected chi connectivity index (χ2v) is 6.22. The summed E-state index contributed by atoms with van der Waals surface area (Å²) in [6, 6.07) is 3.66. The van der Waals surface area contributed by atoms with Crippen molar-refractivity contribution >= 4 is 11.9 Å². The van der Waals surface area contributed by atoms with Crippen molar-refractivity contribution in [2.75, 3.05) is 6.61 Å². The minimum Gasteiger partial charge on any atom is -0.508 e. The van der Waals surface area contributed by atoms with Crippen LogP contribution < -0.4 is 5.32 Å². The van der Waals surface area contributed by atoms with Gasteiger partial charge in [-0.3, -0.25) is 4.79 Å². The molecule has 0 spiro atoms. The summed E-state index contributed by atoms with van der Waals surface area (Å²) in [5.74, 6) is -0.734. The van der Waals surface area contributed by atoms with E-state index in [2.05, 4.69) is 19.2 Å². The highest BCUT2D eigenvalue weighted by Gasteiger charge is 2.28. The molecule has 23 heavy (non-hydrogen) atoms. The van der Waals surface area contributed by atoms with Gasteiger partial charge in [-0.1, -0.05) is 26.7 Å². The molecule has 6 heteroatoms. The van der Waals surface area contributed by atoms with Crippen LogP contribution in [0.2, 0.25) is 0 Å². The van der Waals surface area contributed by atoms with Gasteiger partial charge in [-0.15, -0.1) is 0 Å². The van der Waals surface area contributed by atoms with Crippen molar-refractivity contribution in [1.29, 1.82) is 0 Å². The van der Waals surface area contributed by atoms with Gasteiger partial charge in [-0.25, -0.2) is 4.79 Å². The van der Waals surface area contributed by atoms with Crippen molar-refractivity contribution in [3.8, 4) is 11.5 Å². The highest BCUT2D eigenvalue weighted by molar-refractivity contribution is 5.94. The SMILES string of the molecule is C[C@@H]1[C@H](C)CCC[C@@H]1NC(=O)COC(=O)c1ccc(O)cc1O. The first kappa shape index (κ1) is 17.1. The van der Waals surface area contributed by atoms with E-state index in [-0.39, 0.29) is 29.0 Å². The Morgan fingerprint density at radius 1 is 1.26 bits per heavy atom. The molecule has 0 aromatic heterocycles. The average molecular weight is 321 g/mol. The van der Waals surface area contributed by atoms with E-state index in [0.717, 1.165) is 18.9 Å². The zero-order valence-corrected chi connectivity index (χ0v) is 13.4. The lowest BCUT2D eigenvalue weighted by atomic mass is 9.78. The average Bonchev–Trinajstić information content (AvgIpc) is 2.49. The summed E-state index contributed by atoms with van der Waals surface area (Å²) in [4.78, 5) is 23.8. The fourth-order valence-corrected chi connectivity index (χ4v) is 2.94. The monoisotopic (exact) mass is 321 g/mol. The van der Waals surface area contributed by atoms with E-state index >= 15 is 0 Å². The zero-order chi connectivity index (χ0) is 17.0. The molecule has 1 aliphatic carbocycles. The molecule has 0 heterocycles. The summed E-state index contributed by atoms with van der Waals surface area (Å²) < 4.78 is 4.92. The fourth-order valence-electron chi connectivity index (χ4n) is 2.94. The lowest BCUT2D eigenvalue weighted by molar-refractivity contribution is -0.125. The predicted octanol–water partition coefficient (Wildman–Crippen LogP) is 2.20. The van der Waals surface area contributed by atoms with Crippen LogP contribution in [-0.2, 0) is 9.53 Å². The van der Waals surface area contributed by atoms with E-state index in [1.54, 1.807) is 0 Å². The standard InChI is InChI=1S/C17H23NO5/c1-10-4-3-5-14(11(10)2)18-16(21)9-23-17(22)13-7-6-12(19)8-15(13)20/h6-8,10-11,14,19-20H,3-5,9H2,1-2H3,(H,18,21)/t10-,11-,14+/m1/s1. The molecule has 3 atom stereocenters. The van der Waals surface area contributed by atoms with Crippen molar-refractivity contribution < 1.29 is 24.5 Å². The molecule has 1 aliphatic rings. The smallest absolute Gasteiger partial charge is 0.342 e. The molecule has 0 bridgehead atoms. The van der Waals surface area contributed by atoms with Crippen molar-refractivity contribution in [2.24, 2.45) is 11.8 Å². The molecule has 1 aromatic carbocycles. The van der Waals surface area contributed by atoms with Crippen molar-refractivity contribution in [1.82, 2.24) is 5.32 Å². The molecule has 0 radical (unpaired) electrons. The summed E-state index contributed by atoms with van der Waals surface area (Å²) in [6.07, 6.45) is 3.18. The third-order valence-electron chi connectivity index (χ3n) is 4.59. The van der Waals surface area contributed by atoms with Crippen molar-refractivity contribution in [2.45, 2.75) is 39.2 Å². The molecule has 0 unspecified atom stereocenters. The minimum absolute atomic E-state index is 0.0877. The molecular weight excluding hydrogens is 298 g/mol. The number of esters is 1. The zero-order valence-electron chi connectivity index (χ0n) is 13.4. The summed E-state index contributed by atoms with van der Waals surface area (Å²) >= 11 is 0. The van der Waals surface area contributed by atoms with Gasteiger partial charge in [0.05, 0.1) is 0 Å². The van der Waals surface area contributed by atoms with Crippen LogP contribution in [0.25, 0.3) is 0 Å². The normalized spacial score (nSPS) is 24.0. The van der Waals surface area contributed by atoms with Crippen LogP contribution in [0.3, 0.4) is 0 Å². The number of carbonyl (C=O) groups excluding carboxylic acids is 2. The largest absolute Gasteiger partial charge is 0.508 e. The van der Waals surface area contributed by atoms with Gasteiger partial charge in [0, 0.05) is 12.1 Å². The molecule has 0 aliphatic heterocycles. The Morgan fingerprint density at radius 2 is 2.00 bits per heavy atom. The number of nitrogens with one attached hydrogen (secondary N) is 1. The Balaban J connectivity index is 1.85. The minimum atomic E-state index is -0.803. The number of ether oxygens (including phenoxy) is 1. The lowest BCUT2D eigenvalue weighted by Gasteiger charge is -2.34. The Bertz CT molecular complexity index is 586. The summed E-state index contributed by atoms with van der Waals surface area (Å²) in [5.41, 5.74) is -0.0877. The van der Waals surface area contributed by atoms with Gasteiger partial charge < -0.3 is 20.3 Å². The maximum atomic E-state index is 11.9. The highest BCUT2D eigenvalue weighted by atomic mass is 16.5. The van der Waals surface area contributed by atoms with Crippen molar-refractivity contribution in [3.05, 3.63) is 23.8 Å².